The number of terminal acetylenes is 1. The second kappa shape index (κ2) is 12.2. The number of carbonyl (C=O) groups is 1. The van der Waals surface area contributed by atoms with Crippen LogP contribution in [0, 0.1) is 12.3 Å². The monoisotopic (exact) mass is 451 g/mol. The van der Waals surface area contributed by atoms with Crippen molar-refractivity contribution in [1.82, 2.24) is 0 Å². The van der Waals surface area contributed by atoms with Gasteiger partial charge in [-0.15, -0.1) is 6.42 Å². The molecule has 174 valence electrons. The third-order valence-corrected chi connectivity index (χ3v) is 5.21. The molecule has 0 radical (unpaired) electrons. The summed E-state index contributed by atoms with van der Waals surface area (Å²) in [6, 6.07) is 7.31. The van der Waals surface area contributed by atoms with E-state index in [0.29, 0.717) is 24.3 Å². The fraction of sp³-hybridized carbons (Fsp3) is 0.360. The molecule has 2 rings (SSSR count). The zero-order valence-electron chi connectivity index (χ0n) is 19.9. The molecule has 8 heteroatoms. The van der Waals surface area contributed by atoms with Crippen molar-refractivity contribution in [2.45, 2.75) is 33.6 Å². The third-order valence-electron chi connectivity index (χ3n) is 5.21. The van der Waals surface area contributed by atoms with E-state index in [0.717, 1.165) is 27.8 Å². The highest BCUT2D eigenvalue weighted by molar-refractivity contribution is 6.47. The highest BCUT2D eigenvalue weighted by Gasteiger charge is 2.26. The van der Waals surface area contributed by atoms with Crippen LogP contribution < -0.4 is 0 Å². The molecule has 0 saturated carbocycles. The summed E-state index contributed by atoms with van der Waals surface area (Å²) in [5.41, 5.74) is 6.66. The number of hydrogen-bond acceptors (Lipinski definition) is 8. The first-order chi connectivity index (χ1) is 15.9. The van der Waals surface area contributed by atoms with Crippen LogP contribution in [0.1, 0.15) is 44.7 Å². The highest BCUT2D eigenvalue weighted by atomic mass is 16.6. The van der Waals surface area contributed by atoms with Crippen molar-refractivity contribution >= 4 is 23.1 Å². The zero-order valence-corrected chi connectivity index (χ0v) is 19.9. The lowest BCUT2D eigenvalue weighted by molar-refractivity contribution is -0.132. The number of esters is 1. The summed E-state index contributed by atoms with van der Waals surface area (Å²) in [6.07, 6.45) is 6.60. The van der Waals surface area contributed by atoms with Crippen LogP contribution in [0.15, 0.2) is 62.0 Å². The molecule has 33 heavy (non-hydrogen) atoms. The van der Waals surface area contributed by atoms with Crippen molar-refractivity contribution in [3.8, 4) is 12.3 Å². The lowest BCUT2D eigenvalue weighted by Gasteiger charge is -2.22. The number of nitrogens with zero attached hydrogens (tertiary/aromatic N) is 3. The van der Waals surface area contributed by atoms with E-state index < -0.39 is 5.97 Å². The van der Waals surface area contributed by atoms with Gasteiger partial charge >= 0.3 is 5.97 Å². The molecule has 0 bridgehead atoms. The summed E-state index contributed by atoms with van der Waals surface area (Å²) >= 11 is 0. The molecule has 0 aliphatic heterocycles. The van der Waals surface area contributed by atoms with Gasteiger partial charge in [0.15, 0.2) is 5.71 Å². The third kappa shape index (κ3) is 6.56. The first kappa shape index (κ1) is 25.4. The van der Waals surface area contributed by atoms with Crippen molar-refractivity contribution in [2.24, 2.45) is 15.5 Å². The van der Waals surface area contributed by atoms with E-state index >= 15 is 0 Å². The number of carbonyl (C=O) groups excluding carboxylic acids is 1. The SMILES string of the molecule is C#Cc1ccc(C(=N\OC)/C(C)=N/OCC2=C(/C(=N\OC)C(=O)OC)CC(C)=C(C)C2)cc1. The molecule has 0 saturated heterocycles. The average molecular weight is 452 g/mol. The summed E-state index contributed by atoms with van der Waals surface area (Å²) in [5.74, 6) is 2.01. The molecule has 0 spiro atoms. The van der Waals surface area contributed by atoms with Gasteiger partial charge < -0.3 is 19.2 Å². The van der Waals surface area contributed by atoms with Crippen molar-refractivity contribution in [2.75, 3.05) is 27.9 Å². The van der Waals surface area contributed by atoms with Crippen LogP contribution in [0.5, 0.6) is 0 Å². The first-order valence-corrected chi connectivity index (χ1v) is 10.3. The summed E-state index contributed by atoms with van der Waals surface area (Å²) in [5, 5.41) is 12.2. The van der Waals surface area contributed by atoms with E-state index in [-0.39, 0.29) is 12.3 Å². The number of ether oxygens (including phenoxy) is 1. The summed E-state index contributed by atoms with van der Waals surface area (Å²) < 4.78 is 4.88. The molecule has 1 aliphatic rings. The van der Waals surface area contributed by atoms with Gasteiger partial charge in [-0.2, -0.15) is 0 Å². The molecule has 1 aromatic rings. The number of methoxy groups -OCH3 is 1. The Morgan fingerprint density at radius 2 is 1.58 bits per heavy atom. The molecular weight excluding hydrogens is 422 g/mol. The van der Waals surface area contributed by atoms with Crippen molar-refractivity contribution in [3.63, 3.8) is 0 Å². The molecule has 0 atom stereocenters. The fourth-order valence-corrected chi connectivity index (χ4v) is 3.31. The van der Waals surface area contributed by atoms with Crippen LogP contribution in [-0.4, -0.2) is 51.0 Å². The maximum atomic E-state index is 12.3. The molecule has 0 aromatic heterocycles. The standard InChI is InChI=1S/C25H29N3O5/c1-8-19-9-11-20(12-10-19)23(27-31-6)18(4)26-33-15-21-13-16(2)17(3)14-22(21)24(28-32-7)25(29)30-5/h1,9-12H,13-15H2,2-7H3/b26-18+,27-23-,28-24+. The van der Waals surface area contributed by atoms with Crippen LogP contribution >= 0.6 is 0 Å². The topological polar surface area (TPSA) is 91.1 Å². The van der Waals surface area contributed by atoms with Gasteiger partial charge in [0.2, 0.25) is 0 Å². The van der Waals surface area contributed by atoms with Gasteiger partial charge in [-0.3, -0.25) is 0 Å². The molecule has 0 N–H and O–H groups in total. The minimum absolute atomic E-state index is 0.126. The molecule has 1 aromatic carbocycles. The Morgan fingerprint density at radius 3 is 2.15 bits per heavy atom. The molecule has 0 amide bonds. The number of oxime groups is 3. The zero-order chi connectivity index (χ0) is 24.4. The number of benzene rings is 1. The van der Waals surface area contributed by atoms with Gasteiger partial charge in [-0.25, -0.2) is 4.79 Å². The highest BCUT2D eigenvalue weighted by Crippen LogP contribution is 2.31. The second-order valence-corrected chi connectivity index (χ2v) is 7.40. The average Bonchev–Trinajstić information content (AvgIpc) is 2.82. The van der Waals surface area contributed by atoms with Crippen molar-refractivity contribution < 1.29 is 24.0 Å². The normalized spacial score (nSPS) is 15.2. The van der Waals surface area contributed by atoms with Crippen LogP contribution in [-0.2, 0) is 24.0 Å². The minimum atomic E-state index is -0.568. The fourth-order valence-electron chi connectivity index (χ4n) is 3.31. The van der Waals surface area contributed by atoms with Gasteiger partial charge in [-0.1, -0.05) is 44.7 Å². The van der Waals surface area contributed by atoms with Gasteiger partial charge in [0.1, 0.15) is 32.2 Å². The van der Waals surface area contributed by atoms with Crippen molar-refractivity contribution in [1.29, 1.82) is 0 Å². The molecule has 0 unspecified atom stereocenters. The molecule has 0 heterocycles. The maximum absolute atomic E-state index is 12.3. The van der Waals surface area contributed by atoms with Crippen LogP contribution in [0.2, 0.25) is 0 Å². The Bertz CT molecular complexity index is 1070. The summed E-state index contributed by atoms with van der Waals surface area (Å²) in [4.78, 5) is 27.8. The van der Waals surface area contributed by atoms with E-state index in [1.807, 2.05) is 31.2 Å². The number of allylic oxidation sites excluding steroid dienone is 2. The second-order valence-electron chi connectivity index (χ2n) is 7.40. The van der Waals surface area contributed by atoms with E-state index in [4.69, 9.17) is 25.7 Å². The Kier molecular flexibility index (Phi) is 9.43. The Balaban J connectivity index is 2.30. The van der Waals surface area contributed by atoms with Crippen LogP contribution in [0.25, 0.3) is 0 Å². The Morgan fingerprint density at radius 1 is 0.970 bits per heavy atom. The largest absolute Gasteiger partial charge is 0.464 e. The van der Waals surface area contributed by atoms with Gasteiger partial charge in [0.25, 0.3) is 0 Å². The molecule has 0 fully saturated rings. The Labute approximate surface area is 194 Å². The number of rotatable bonds is 9. The molecule has 8 nitrogen and oxygen atoms in total. The van der Waals surface area contributed by atoms with Crippen LogP contribution in [0.3, 0.4) is 0 Å². The number of hydrogen-bond donors (Lipinski definition) is 0. The maximum Gasteiger partial charge on any atom is 0.360 e. The smallest absolute Gasteiger partial charge is 0.360 e. The van der Waals surface area contributed by atoms with Gasteiger partial charge in [-0.05, 0) is 56.9 Å². The molecule has 1 aliphatic carbocycles. The van der Waals surface area contributed by atoms with Gasteiger partial charge in [0, 0.05) is 11.1 Å². The summed E-state index contributed by atoms with van der Waals surface area (Å²) in [7, 11) is 4.16. The van der Waals surface area contributed by atoms with E-state index in [9.17, 15) is 4.79 Å². The van der Waals surface area contributed by atoms with Gasteiger partial charge in [0.05, 0.1) is 7.11 Å². The summed E-state index contributed by atoms with van der Waals surface area (Å²) in [6.45, 7) is 6.00. The van der Waals surface area contributed by atoms with Crippen LogP contribution in [0.4, 0.5) is 0 Å². The lowest BCUT2D eigenvalue weighted by Crippen LogP contribution is -2.23. The molecular formula is C25H29N3O5. The first-order valence-electron chi connectivity index (χ1n) is 10.3. The predicted molar refractivity (Wildman–Crippen MR) is 128 cm³/mol. The quantitative estimate of drug-likeness (QED) is 0.186. The van der Waals surface area contributed by atoms with E-state index in [2.05, 4.69) is 28.3 Å². The van der Waals surface area contributed by atoms with Crippen molar-refractivity contribution in [3.05, 3.63) is 57.7 Å². The minimum Gasteiger partial charge on any atom is -0.464 e. The van der Waals surface area contributed by atoms with E-state index in [1.165, 1.54) is 26.9 Å². The Hall–Kier alpha value is -3.86. The lowest BCUT2D eigenvalue weighted by atomic mass is 9.85. The predicted octanol–water partition coefficient (Wildman–Crippen LogP) is 4.01. The van der Waals surface area contributed by atoms with E-state index in [1.54, 1.807) is 6.92 Å².